The van der Waals surface area contributed by atoms with Crippen molar-refractivity contribution in [2.24, 2.45) is 11.8 Å². The van der Waals surface area contributed by atoms with Gasteiger partial charge in [0.2, 0.25) is 5.91 Å². The lowest BCUT2D eigenvalue weighted by atomic mass is 9.93. The molecule has 1 fully saturated rings. The number of anilines is 1. The summed E-state index contributed by atoms with van der Waals surface area (Å²) in [5.74, 6) is -5.30. The Morgan fingerprint density at radius 2 is 1.75 bits per heavy atom. The van der Waals surface area contributed by atoms with E-state index in [2.05, 4.69) is 0 Å². The quantitative estimate of drug-likeness (QED) is 0.747. The van der Waals surface area contributed by atoms with Gasteiger partial charge < -0.3 is 9.64 Å². The maximum absolute atomic E-state index is 13.8. The predicted octanol–water partition coefficient (Wildman–Crippen LogP) is 3.84. The van der Waals surface area contributed by atoms with Crippen LogP contribution in [0, 0.1) is 11.8 Å². The van der Waals surface area contributed by atoms with Gasteiger partial charge in [-0.05, 0) is 24.1 Å². The molecule has 2 aromatic rings. The molecule has 1 heterocycles. The Kier molecular flexibility index (Phi) is 4.21. The molecule has 2 unspecified atom stereocenters. The second kappa shape index (κ2) is 6.36. The third-order valence-corrected chi connectivity index (χ3v) is 5.52. The number of halogens is 3. The molecule has 4 nitrogen and oxygen atoms in total. The second-order valence-electron chi connectivity index (χ2n) is 7.01. The van der Waals surface area contributed by atoms with Gasteiger partial charge in [-0.3, -0.25) is 9.59 Å². The number of rotatable bonds is 4. The van der Waals surface area contributed by atoms with Crippen molar-refractivity contribution in [3.05, 3.63) is 65.7 Å². The number of fused-ring (bicyclic) bond motifs is 2. The number of alkyl halides is 3. The van der Waals surface area contributed by atoms with E-state index in [1.54, 1.807) is 42.5 Å². The normalized spacial score (nSPS) is 25.7. The summed E-state index contributed by atoms with van der Waals surface area (Å²) in [6, 6.07) is 15.4. The van der Waals surface area contributed by atoms with Gasteiger partial charge in [0.25, 0.3) is 0 Å². The minimum absolute atomic E-state index is 0.0421. The zero-order chi connectivity index (χ0) is 20.1. The number of hydrogen-bond acceptors (Lipinski definition) is 3. The molecule has 2 aromatic carbocycles. The zero-order valence-corrected chi connectivity index (χ0v) is 15.1. The summed E-state index contributed by atoms with van der Waals surface area (Å²) >= 11 is 0. The third-order valence-electron chi connectivity index (χ3n) is 5.52. The number of carbonyl (C=O) groups excluding carboxylic acids is 2. The maximum atomic E-state index is 13.8. The molecule has 1 aliphatic heterocycles. The standard InChI is InChI=1S/C21H18F3NO3/c1-2-28-18(26)16-17(21(22,23)24)20(16)14-10-6-7-11-15(14)25(19(20)27)12-13-8-4-3-5-9-13/h3-11,16-17H,2,12H2,1H3/t16?,17?,20-/m0/s1. The zero-order valence-electron chi connectivity index (χ0n) is 15.1. The highest BCUT2D eigenvalue weighted by atomic mass is 19.4. The molecule has 7 heteroatoms. The van der Waals surface area contributed by atoms with Crippen LogP contribution < -0.4 is 4.90 Å². The highest BCUT2D eigenvalue weighted by Gasteiger charge is 2.85. The average Bonchev–Trinajstić information content (AvgIpc) is 3.33. The van der Waals surface area contributed by atoms with E-state index in [1.165, 1.54) is 17.9 Å². The first-order valence-corrected chi connectivity index (χ1v) is 9.02. The van der Waals surface area contributed by atoms with Crippen molar-refractivity contribution < 1.29 is 27.5 Å². The molecule has 2 aliphatic rings. The van der Waals surface area contributed by atoms with E-state index in [9.17, 15) is 22.8 Å². The van der Waals surface area contributed by atoms with Crippen molar-refractivity contribution >= 4 is 17.6 Å². The van der Waals surface area contributed by atoms with Crippen LogP contribution in [0.2, 0.25) is 0 Å². The van der Waals surface area contributed by atoms with Gasteiger partial charge in [0, 0.05) is 5.69 Å². The van der Waals surface area contributed by atoms with E-state index in [1.807, 2.05) is 6.07 Å². The second-order valence-corrected chi connectivity index (χ2v) is 7.01. The third kappa shape index (κ3) is 2.52. The molecule has 0 saturated heterocycles. The van der Waals surface area contributed by atoms with Gasteiger partial charge in [0.15, 0.2) is 0 Å². The number of hydrogen-bond donors (Lipinski definition) is 0. The van der Waals surface area contributed by atoms with Crippen molar-refractivity contribution in [2.45, 2.75) is 25.1 Å². The van der Waals surface area contributed by atoms with Crippen molar-refractivity contribution in [1.82, 2.24) is 0 Å². The van der Waals surface area contributed by atoms with Crippen LogP contribution in [-0.2, 0) is 26.3 Å². The lowest BCUT2D eigenvalue weighted by Crippen LogP contribution is -2.35. The minimum atomic E-state index is -4.69. The molecule has 146 valence electrons. The Labute approximate surface area is 159 Å². The number of esters is 1. The van der Waals surface area contributed by atoms with Crippen LogP contribution in [0.3, 0.4) is 0 Å². The topological polar surface area (TPSA) is 46.6 Å². The maximum Gasteiger partial charge on any atom is 0.394 e. The van der Waals surface area contributed by atoms with Crippen LogP contribution in [0.4, 0.5) is 18.9 Å². The Hall–Kier alpha value is -2.83. The lowest BCUT2D eigenvalue weighted by molar-refractivity contribution is -0.164. The Morgan fingerprint density at radius 3 is 2.39 bits per heavy atom. The number of amides is 1. The van der Waals surface area contributed by atoms with E-state index >= 15 is 0 Å². The summed E-state index contributed by atoms with van der Waals surface area (Å²) in [5, 5.41) is 0. The van der Waals surface area contributed by atoms with E-state index in [0.29, 0.717) is 5.69 Å². The van der Waals surface area contributed by atoms with Gasteiger partial charge in [-0.25, -0.2) is 0 Å². The van der Waals surface area contributed by atoms with Crippen molar-refractivity contribution in [1.29, 1.82) is 0 Å². The van der Waals surface area contributed by atoms with Crippen molar-refractivity contribution in [3.63, 3.8) is 0 Å². The Morgan fingerprint density at radius 1 is 1.11 bits per heavy atom. The molecule has 4 rings (SSSR count). The fourth-order valence-electron chi connectivity index (χ4n) is 4.42. The molecule has 28 heavy (non-hydrogen) atoms. The van der Waals surface area contributed by atoms with Crippen LogP contribution in [0.15, 0.2) is 54.6 Å². The van der Waals surface area contributed by atoms with Gasteiger partial charge in [-0.15, -0.1) is 0 Å². The Balaban J connectivity index is 1.81. The van der Waals surface area contributed by atoms with Crippen molar-refractivity contribution in [3.8, 4) is 0 Å². The number of ether oxygens (including phenoxy) is 1. The monoisotopic (exact) mass is 389 g/mol. The number of para-hydroxylation sites is 1. The molecule has 0 N–H and O–H groups in total. The van der Waals surface area contributed by atoms with Gasteiger partial charge in [-0.1, -0.05) is 48.5 Å². The van der Waals surface area contributed by atoms with Crippen LogP contribution >= 0.6 is 0 Å². The average molecular weight is 389 g/mol. The molecule has 0 bridgehead atoms. The molecular formula is C21H18F3NO3. The summed E-state index contributed by atoms with van der Waals surface area (Å²) < 4.78 is 46.4. The summed E-state index contributed by atoms with van der Waals surface area (Å²) in [7, 11) is 0. The molecule has 3 atom stereocenters. The molecule has 1 saturated carbocycles. The molecule has 0 aromatic heterocycles. The van der Waals surface area contributed by atoms with E-state index in [-0.39, 0.29) is 18.7 Å². The number of nitrogens with zero attached hydrogens (tertiary/aromatic N) is 1. The van der Waals surface area contributed by atoms with E-state index in [4.69, 9.17) is 4.74 Å². The number of benzene rings is 2. The highest BCUT2D eigenvalue weighted by molar-refractivity contribution is 6.14. The fraction of sp³-hybridized carbons (Fsp3) is 0.333. The fourth-order valence-corrected chi connectivity index (χ4v) is 4.42. The molecule has 1 spiro atoms. The summed E-state index contributed by atoms with van der Waals surface area (Å²) in [4.78, 5) is 27.0. The summed E-state index contributed by atoms with van der Waals surface area (Å²) in [5.41, 5.74) is -0.483. The van der Waals surface area contributed by atoms with Crippen LogP contribution in [-0.4, -0.2) is 24.7 Å². The van der Waals surface area contributed by atoms with Gasteiger partial charge >= 0.3 is 12.1 Å². The lowest BCUT2D eigenvalue weighted by Gasteiger charge is -2.18. The minimum Gasteiger partial charge on any atom is -0.466 e. The molecule has 1 aliphatic carbocycles. The molecular weight excluding hydrogens is 371 g/mol. The van der Waals surface area contributed by atoms with E-state index < -0.39 is 35.3 Å². The smallest absolute Gasteiger partial charge is 0.394 e. The largest absolute Gasteiger partial charge is 0.466 e. The van der Waals surface area contributed by atoms with Crippen molar-refractivity contribution in [2.75, 3.05) is 11.5 Å². The van der Waals surface area contributed by atoms with Crippen LogP contribution in [0.5, 0.6) is 0 Å². The molecule has 0 radical (unpaired) electrons. The van der Waals surface area contributed by atoms with E-state index in [0.717, 1.165) is 5.56 Å². The Bertz CT molecular complexity index is 928. The van der Waals surface area contributed by atoms with Gasteiger partial charge in [0.05, 0.1) is 25.0 Å². The SMILES string of the molecule is CCOC(=O)C1C(C(F)(F)F)[C@@]12C(=O)N(Cc1ccccc1)c1ccccc12. The highest BCUT2D eigenvalue weighted by Crippen LogP contribution is 2.71. The summed E-state index contributed by atoms with van der Waals surface area (Å²) in [6.07, 6.45) is -4.69. The summed E-state index contributed by atoms with van der Waals surface area (Å²) in [6.45, 7) is 1.62. The first-order valence-electron chi connectivity index (χ1n) is 9.02. The predicted molar refractivity (Wildman–Crippen MR) is 95.4 cm³/mol. The van der Waals surface area contributed by atoms with Crippen LogP contribution in [0.1, 0.15) is 18.1 Å². The van der Waals surface area contributed by atoms with Gasteiger partial charge in [-0.2, -0.15) is 13.2 Å². The van der Waals surface area contributed by atoms with Gasteiger partial charge in [0.1, 0.15) is 5.41 Å². The van der Waals surface area contributed by atoms with Crippen LogP contribution in [0.25, 0.3) is 0 Å². The first kappa shape index (κ1) is 18.5. The number of carbonyl (C=O) groups is 2. The first-order chi connectivity index (χ1) is 13.3. The molecule has 1 amide bonds.